The molecule has 1 aromatic heterocycles. The molecule has 0 saturated heterocycles. The summed E-state index contributed by atoms with van der Waals surface area (Å²) in [4.78, 5) is 11.9. The van der Waals surface area contributed by atoms with E-state index in [1.54, 1.807) is 41.7 Å². The third kappa shape index (κ3) is 4.32. The van der Waals surface area contributed by atoms with Crippen molar-refractivity contribution >= 4 is 38.9 Å². The van der Waals surface area contributed by atoms with Gasteiger partial charge in [0.2, 0.25) is 10.0 Å². The highest BCUT2D eigenvalue weighted by Crippen LogP contribution is 2.13. The van der Waals surface area contributed by atoms with Gasteiger partial charge < -0.3 is 0 Å². The molecule has 2 rings (SSSR count). The van der Waals surface area contributed by atoms with Crippen LogP contribution in [0.15, 0.2) is 47.2 Å². The Morgan fingerprint density at radius 2 is 1.90 bits per heavy atom. The van der Waals surface area contributed by atoms with Gasteiger partial charge >= 0.3 is 0 Å². The van der Waals surface area contributed by atoms with E-state index in [9.17, 15) is 13.2 Å². The summed E-state index contributed by atoms with van der Waals surface area (Å²) in [6.07, 6.45) is 4.33. The first-order chi connectivity index (χ1) is 9.44. The highest BCUT2D eigenvalue weighted by atomic mass is 32.2. The van der Waals surface area contributed by atoms with Crippen LogP contribution in [0.2, 0.25) is 0 Å². The molecule has 6 heteroatoms. The molecule has 0 radical (unpaired) electrons. The number of thiophene rings is 1. The minimum atomic E-state index is -3.30. The number of ketones is 1. The number of allylic oxidation sites excluding steroid dienone is 1. The minimum Gasteiger partial charge on any atom is -0.289 e. The van der Waals surface area contributed by atoms with E-state index in [2.05, 4.69) is 4.72 Å². The molecule has 1 N–H and O–H groups in total. The normalized spacial score (nSPS) is 11.7. The second-order valence-electron chi connectivity index (χ2n) is 4.21. The van der Waals surface area contributed by atoms with Crippen LogP contribution in [-0.4, -0.2) is 20.5 Å². The highest BCUT2D eigenvalue weighted by molar-refractivity contribution is 7.92. The van der Waals surface area contributed by atoms with Crippen LogP contribution in [0, 0.1) is 0 Å². The van der Waals surface area contributed by atoms with E-state index < -0.39 is 10.0 Å². The molecule has 0 unspecified atom stereocenters. The van der Waals surface area contributed by atoms with Crippen molar-refractivity contribution in [2.75, 3.05) is 11.0 Å². The second kappa shape index (κ2) is 6.02. The number of carbonyl (C=O) groups excluding carboxylic acids is 1. The Labute approximate surface area is 121 Å². The lowest BCUT2D eigenvalue weighted by Crippen LogP contribution is -2.09. The van der Waals surface area contributed by atoms with Gasteiger partial charge in [-0.15, -0.1) is 0 Å². The maximum Gasteiger partial charge on any atom is 0.229 e. The van der Waals surface area contributed by atoms with Crippen LogP contribution < -0.4 is 4.72 Å². The van der Waals surface area contributed by atoms with Gasteiger partial charge in [0.25, 0.3) is 0 Å². The van der Waals surface area contributed by atoms with Crippen LogP contribution in [0.5, 0.6) is 0 Å². The van der Waals surface area contributed by atoms with E-state index in [0.717, 1.165) is 11.8 Å². The van der Waals surface area contributed by atoms with Gasteiger partial charge in [0.15, 0.2) is 5.78 Å². The largest absolute Gasteiger partial charge is 0.289 e. The average Bonchev–Trinajstić information content (AvgIpc) is 2.88. The smallest absolute Gasteiger partial charge is 0.229 e. The minimum absolute atomic E-state index is 0.123. The standard InChI is InChI=1S/C14H13NO3S2/c1-20(17,18)15-13-5-3-12(4-6-13)14(16)7-2-11-8-9-19-10-11/h2-10,15H,1H3/b7-2-. The van der Waals surface area contributed by atoms with Crippen LogP contribution in [0.1, 0.15) is 15.9 Å². The molecule has 0 spiro atoms. The zero-order valence-corrected chi connectivity index (χ0v) is 12.4. The lowest BCUT2D eigenvalue weighted by molar-refractivity contribution is 0.104. The van der Waals surface area contributed by atoms with Gasteiger partial charge in [-0.05, 0) is 52.7 Å². The van der Waals surface area contributed by atoms with Gasteiger partial charge in [-0.1, -0.05) is 6.08 Å². The molecule has 0 aliphatic heterocycles. The lowest BCUT2D eigenvalue weighted by Gasteiger charge is -2.03. The number of benzene rings is 1. The van der Waals surface area contributed by atoms with Crippen LogP contribution in [-0.2, 0) is 10.0 Å². The molecule has 1 heterocycles. The Kier molecular flexibility index (Phi) is 4.36. The highest BCUT2D eigenvalue weighted by Gasteiger charge is 2.04. The monoisotopic (exact) mass is 307 g/mol. The molecule has 0 aliphatic rings. The van der Waals surface area contributed by atoms with Gasteiger partial charge in [-0.25, -0.2) is 8.42 Å². The molecule has 0 amide bonds. The third-order valence-corrected chi connectivity index (χ3v) is 3.75. The maximum absolute atomic E-state index is 11.9. The summed E-state index contributed by atoms with van der Waals surface area (Å²) in [5.74, 6) is -0.123. The van der Waals surface area contributed by atoms with Crippen molar-refractivity contribution in [2.45, 2.75) is 0 Å². The van der Waals surface area contributed by atoms with Gasteiger partial charge in [0.05, 0.1) is 6.26 Å². The van der Waals surface area contributed by atoms with Crippen LogP contribution in [0.4, 0.5) is 5.69 Å². The number of hydrogen-bond acceptors (Lipinski definition) is 4. The van der Waals surface area contributed by atoms with Crippen molar-refractivity contribution in [3.8, 4) is 0 Å². The number of rotatable bonds is 5. The number of carbonyl (C=O) groups is 1. The van der Waals surface area contributed by atoms with Crippen LogP contribution in [0.3, 0.4) is 0 Å². The Balaban J connectivity index is 2.08. The summed E-state index contributed by atoms with van der Waals surface area (Å²) < 4.78 is 24.5. The van der Waals surface area contributed by atoms with E-state index in [-0.39, 0.29) is 5.78 Å². The predicted molar refractivity (Wildman–Crippen MR) is 82.6 cm³/mol. The fraction of sp³-hybridized carbons (Fsp3) is 0.0714. The Morgan fingerprint density at radius 1 is 1.20 bits per heavy atom. The van der Waals surface area contributed by atoms with Crippen LogP contribution in [0.25, 0.3) is 6.08 Å². The SMILES string of the molecule is CS(=O)(=O)Nc1ccc(C(=O)/C=C\c2ccsc2)cc1. The third-order valence-electron chi connectivity index (χ3n) is 2.44. The summed E-state index contributed by atoms with van der Waals surface area (Å²) in [7, 11) is -3.30. The zero-order valence-electron chi connectivity index (χ0n) is 10.7. The molecule has 0 aliphatic carbocycles. The van der Waals surface area contributed by atoms with E-state index in [1.807, 2.05) is 16.8 Å². The summed E-state index contributed by atoms with van der Waals surface area (Å²) >= 11 is 1.57. The fourth-order valence-electron chi connectivity index (χ4n) is 1.55. The molecule has 0 fully saturated rings. The maximum atomic E-state index is 11.9. The summed E-state index contributed by atoms with van der Waals surface area (Å²) in [5.41, 5.74) is 1.93. The number of hydrogen-bond donors (Lipinski definition) is 1. The van der Waals surface area contributed by atoms with Gasteiger partial charge in [-0.3, -0.25) is 9.52 Å². The Hall–Kier alpha value is -1.92. The van der Waals surface area contributed by atoms with E-state index >= 15 is 0 Å². The zero-order chi connectivity index (χ0) is 14.6. The molecule has 4 nitrogen and oxygen atoms in total. The summed E-state index contributed by atoms with van der Waals surface area (Å²) in [5, 5.41) is 3.89. The quantitative estimate of drug-likeness (QED) is 0.682. The molecule has 0 bridgehead atoms. The molecular formula is C14H13NO3S2. The lowest BCUT2D eigenvalue weighted by atomic mass is 10.1. The van der Waals surface area contributed by atoms with Crippen LogP contribution >= 0.6 is 11.3 Å². The average molecular weight is 307 g/mol. The number of anilines is 1. The summed E-state index contributed by atoms with van der Waals surface area (Å²) in [6.45, 7) is 0. The first kappa shape index (κ1) is 14.5. The van der Waals surface area contributed by atoms with Crippen molar-refractivity contribution in [2.24, 2.45) is 0 Å². The molecule has 0 atom stereocenters. The van der Waals surface area contributed by atoms with E-state index in [0.29, 0.717) is 11.3 Å². The second-order valence-corrected chi connectivity index (χ2v) is 6.73. The van der Waals surface area contributed by atoms with Crippen molar-refractivity contribution in [3.63, 3.8) is 0 Å². The topological polar surface area (TPSA) is 63.2 Å². The predicted octanol–water partition coefficient (Wildman–Crippen LogP) is 3.02. The van der Waals surface area contributed by atoms with Gasteiger partial charge in [-0.2, -0.15) is 11.3 Å². The number of nitrogens with one attached hydrogen (secondary N) is 1. The molecule has 0 saturated carbocycles. The Morgan fingerprint density at radius 3 is 2.45 bits per heavy atom. The Bertz CT molecular complexity index is 714. The molecule has 1 aromatic carbocycles. The van der Waals surface area contributed by atoms with Gasteiger partial charge in [0.1, 0.15) is 0 Å². The molecular weight excluding hydrogens is 294 g/mol. The van der Waals surface area contributed by atoms with Gasteiger partial charge in [0, 0.05) is 11.3 Å². The van der Waals surface area contributed by atoms with Crippen molar-refractivity contribution in [1.82, 2.24) is 0 Å². The van der Waals surface area contributed by atoms with Crippen molar-refractivity contribution < 1.29 is 13.2 Å². The molecule has 20 heavy (non-hydrogen) atoms. The fourth-order valence-corrected chi connectivity index (χ4v) is 2.75. The van der Waals surface area contributed by atoms with Crippen molar-refractivity contribution in [3.05, 3.63) is 58.3 Å². The van der Waals surface area contributed by atoms with E-state index in [4.69, 9.17) is 0 Å². The first-order valence-electron chi connectivity index (χ1n) is 5.76. The summed E-state index contributed by atoms with van der Waals surface area (Å²) in [6, 6.07) is 8.23. The number of sulfonamides is 1. The first-order valence-corrected chi connectivity index (χ1v) is 8.60. The molecule has 104 valence electrons. The van der Waals surface area contributed by atoms with E-state index in [1.165, 1.54) is 6.08 Å². The van der Waals surface area contributed by atoms with Crippen molar-refractivity contribution in [1.29, 1.82) is 0 Å². The molecule has 2 aromatic rings.